The van der Waals surface area contributed by atoms with Gasteiger partial charge in [0.15, 0.2) is 5.41 Å². The molecule has 0 unspecified atom stereocenters. The molecule has 0 aromatic carbocycles. The third-order valence-corrected chi connectivity index (χ3v) is 4.09. The third kappa shape index (κ3) is 6.40. The lowest BCUT2D eigenvalue weighted by Crippen LogP contribution is -2.42. The molecule has 9 heteroatoms. The molecular weight excluding hydrogens is 338 g/mol. The fourth-order valence-electron chi connectivity index (χ4n) is 2.79. The molecule has 0 saturated carbocycles. The smallest absolute Gasteiger partial charge is 0.323 e. The van der Waals surface area contributed by atoms with E-state index in [-0.39, 0.29) is 13.2 Å². The predicted octanol–water partition coefficient (Wildman–Crippen LogP) is 3.26. The molecule has 0 aliphatic heterocycles. The Morgan fingerprint density at radius 2 is 1.81 bits per heavy atom. The molecular formula is C17H27N5O4. The van der Waals surface area contributed by atoms with Gasteiger partial charge in [-0.15, -0.1) is 0 Å². The summed E-state index contributed by atoms with van der Waals surface area (Å²) in [7, 11) is 0. The van der Waals surface area contributed by atoms with Gasteiger partial charge in [0.05, 0.1) is 19.5 Å². The Hall–Kier alpha value is -2.54. The number of imidazole rings is 1. The zero-order chi connectivity index (χ0) is 19.3. The molecule has 0 saturated heterocycles. The number of aryl methyl sites for hydroxylation is 1. The SMILES string of the molecule is CCOC(=O)C(CCCCN=[N+]=[N-])(CCCn1ccnc1)C(=O)OCC. The van der Waals surface area contributed by atoms with Crippen LogP contribution in [0.3, 0.4) is 0 Å². The van der Waals surface area contributed by atoms with Crippen molar-refractivity contribution in [2.45, 2.75) is 52.5 Å². The highest BCUT2D eigenvalue weighted by atomic mass is 16.6. The van der Waals surface area contributed by atoms with E-state index in [4.69, 9.17) is 15.0 Å². The summed E-state index contributed by atoms with van der Waals surface area (Å²) in [6.07, 6.45) is 7.57. The summed E-state index contributed by atoms with van der Waals surface area (Å²) < 4.78 is 12.3. The summed E-state index contributed by atoms with van der Waals surface area (Å²) in [6, 6.07) is 0. The van der Waals surface area contributed by atoms with Crippen molar-refractivity contribution >= 4 is 11.9 Å². The van der Waals surface area contributed by atoms with E-state index < -0.39 is 17.4 Å². The van der Waals surface area contributed by atoms with Crippen LogP contribution in [0.25, 0.3) is 10.4 Å². The number of nitrogens with zero attached hydrogens (tertiary/aromatic N) is 5. The quantitative estimate of drug-likeness (QED) is 0.133. The second-order valence-electron chi connectivity index (χ2n) is 5.84. The molecule has 0 aliphatic rings. The molecule has 1 heterocycles. The molecule has 9 nitrogen and oxygen atoms in total. The van der Waals surface area contributed by atoms with Crippen molar-refractivity contribution in [3.05, 3.63) is 29.2 Å². The number of unbranched alkanes of at least 4 members (excludes halogenated alkanes) is 1. The highest BCUT2D eigenvalue weighted by Gasteiger charge is 2.47. The Bertz CT molecular complexity index is 578. The van der Waals surface area contributed by atoms with Crippen molar-refractivity contribution in [1.29, 1.82) is 0 Å². The molecule has 0 spiro atoms. The zero-order valence-electron chi connectivity index (χ0n) is 15.5. The van der Waals surface area contributed by atoms with E-state index in [2.05, 4.69) is 15.0 Å². The topological polar surface area (TPSA) is 119 Å². The minimum atomic E-state index is -1.33. The molecule has 0 atom stereocenters. The number of carbonyl (C=O) groups is 2. The molecule has 1 aromatic heterocycles. The van der Waals surface area contributed by atoms with Gasteiger partial charge in [0, 0.05) is 30.4 Å². The van der Waals surface area contributed by atoms with Gasteiger partial charge in [-0.3, -0.25) is 9.59 Å². The van der Waals surface area contributed by atoms with Gasteiger partial charge in [0.1, 0.15) is 0 Å². The second kappa shape index (κ2) is 11.9. The number of carbonyl (C=O) groups excluding carboxylic acids is 2. The van der Waals surface area contributed by atoms with Crippen LogP contribution in [0, 0.1) is 5.41 Å². The van der Waals surface area contributed by atoms with Crippen LogP contribution in [-0.2, 0) is 25.6 Å². The fourth-order valence-corrected chi connectivity index (χ4v) is 2.79. The fraction of sp³-hybridized carbons (Fsp3) is 0.706. The number of esters is 2. The van der Waals surface area contributed by atoms with Crippen LogP contribution in [0.5, 0.6) is 0 Å². The number of rotatable bonds is 13. The van der Waals surface area contributed by atoms with Crippen molar-refractivity contribution in [1.82, 2.24) is 9.55 Å². The number of azide groups is 1. The predicted molar refractivity (Wildman–Crippen MR) is 95.0 cm³/mol. The average Bonchev–Trinajstić information content (AvgIpc) is 3.13. The minimum Gasteiger partial charge on any atom is -0.465 e. The minimum absolute atomic E-state index is 0.195. The van der Waals surface area contributed by atoms with Gasteiger partial charge >= 0.3 is 11.9 Å². The normalized spacial score (nSPS) is 10.8. The highest BCUT2D eigenvalue weighted by Crippen LogP contribution is 2.34. The molecule has 1 rings (SSSR count). The van der Waals surface area contributed by atoms with E-state index in [1.165, 1.54) is 0 Å². The van der Waals surface area contributed by atoms with Gasteiger partial charge in [0.25, 0.3) is 0 Å². The van der Waals surface area contributed by atoms with E-state index >= 15 is 0 Å². The van der Waals surface area contributed by atoms with Crippen molar-refractivity contribution in [3.63, 3.8) is 0 Å². The first-order valence-corrected chi connectivity index (χ1v) is 8.91. The van der Waals surface area contributed by atoms with E-state index in [9.17, 15) is 9.59 Å². The summed E-state index contributed by atoms with van der Waals surface area (Å²) in [5, 5.41) is 3.49. The molecule has 144 valence electrons. The average molecular weight is 365 g/mol. The molecule has 0 amide bonds. The Morgan fingerprint density at radius 1 is 1.15 bits per heavy atom. The zero-order valence-corrected chi connectivity index (χ0v) is 15.5. The Balaban J connectivity index is 2.88. The number of ether oxygens (including phenoxy) is 2. The van der Waals surface area contributed by atoms with Crippen LogP contribution >= 0.6 is 0 Å². The van der Waals surface area contributed by atoms with E-state index in [0.29, 0.717) is 45.2 Å². The molecule has 1 aromatic rings. The largest absolute Gasteiger partial charge is 0.465 e. The van der Waals surface area contributed by atoms with Gasteiger partial charge in [-0.25, -0.2) is 4.98 Å². The van der Waals surface area contributed by atoms with Crippen LogP contribution in [0.15, 0.2) is 23.8 Å². The number of aromatic nitrogens is 2. The monoisotopic (exact) mass is 365 g/mol. The maximum atomic E-state index is 12.7. The first-order valence-electron chi connectivity index (χ1n) is 8.91. The van der Waals surface area contributed by atoms with Crippen LogP contribution in [0.4, 0.5) is 0 Å². The number of hydrogen-bond acceptors (Lipinski definition) is 6. The molecule has 0 bridgehead atoms. The van der Waals surface area contributed by atoms with Crippen molar-refractivity contribution in [2.75, 3.05) is 19.8 Å². The van der Waals surface area contributed by atoms with Crippen LogP contribution < -0.4 is 0 Å². The molecule has 0 fully saturated rings. The van der Waals surface area contributed by atoms with Crippen molar-refractivity contribution in [2.24, 2.45) is 10.5 Å². The van der Waals surface area contributed by atoms with E-state index in [1.807, 2.05) is 10.8 Å². The first-order chi connectivity index (χ1) is 12.6. The van der Waals surface area contributed by atoms with E-state index in [0.717, 1.165) is 0 Å². The van der Waals surface area contributed by atoms with Gasteiger partial charge in [-0.05, 0) is 45.1 Å². The molecule has 26 heavy (non-hydrogen) atoms. The maximum Gasteiger partial charge on any atom is 0.323 e. The summed E-state index contributed by atoms with van der Waals surface area (Å²) >= 11 is 0. The lowest BCUT2D eigenvalue weighted by molar-refractivity contribution is -0.173. The van der Waals surface area contributed by atoms with E-state index in [1.54, 1.807) is 26.4 Å². The molecule has 0 radical (unpaired) electrons. The third-order valence-electron chi connectivity index (χ3n) is 4.09. The second-order valence-corrected chi connectivity index (χ2v) is 5.84. The van der Waals surface area contributed by atoms with Crippen LogP contribution in [-0.4, -0.2) is 41.2 Å². The Morgan fingerprint density at radius 3 is 2.35 bits per heavy atom. The highest BCUT2D eigenvalue weighted by molar-refractivity contribution is 6.00. The Kier molecular flexibility index (Phi) is 9.86. The van der Waals surface area contributed by atoms with Gasteiger partial charge in [0.2, 0.25) is 0 Å². The van der Waals surface area contributed by atoms with Gasteiger partial charge in [-0.1, -0.05) is 11.5 Å². The Labute approximate surface area is 153 Å². The summed E-state index contributed by atoms with van der Waals surface area (Å²) in [4.78, 5) is 32.0. The lowest BCUT2D eigenvalue weighted by Gasteiger charge is -2.29. The summed E-state index contributed by atoms with van der Waals surface area (Å²) in [6.45, 7) is 4.77. The van der Waals surface area contributed by atoms with Crippen LogP contribution in [0.2, 0.25) is 0 Å². The number of hydrogen-bond donors (Lipinski definition) is 0. The standard InChI is InChI=1S/C17H27N5O4/c1-3-25-15(23)17(16(24)26-4-2,8-5-6-10-20-21-18)9-7-12-22-13-11-19-14-22/h11,13-14H,3-10,12H2,1-2H3. The summed E-state index contributed by atoms with van der Waals surface area (Å²) in [5.74, 6) is -1.10. The lowest BCUT2D eigenvalue weighted by atomic mass is 9.78. The molecule has 0 N–H and O–H groups in total. The van der Waals surface area contributed by atoms with Crippen molar-refractivity contribution < 1.29 is 19.1 Å². The van der Waals surface area contributed by atoms with Crippen molar-refractivity contribution in [3.8, 4) is 0 Å². The van der Waals surface area contributed by atoms with Gasteiger partial charge < -0.3 is 14.0 Å². The summed E-state index contributed by atoms with van der Waals surface area (Å²) in [5.41, 5.74) is 7.02. The maximum absolute atomic E-state index is 12.7. The van der Waals surface area contributed by atoms with Gasteiger partial charge in [-0.2, -0.15) is 0 Å². The molecule has 0 aliphatic carbocycles. The van der Waals surface area contributed by atoms with Crippen LogP contribution in [0.1, 0.15) is 46.0 Å². The first kappa shape index (κ1) is 21.5.